The predicted octanol–water partition coefficient (Wildman–Crippen LogP) is 2.86. The van der Waals surface area contributed by atoms with E-state index in [9.17, 15) is 4.79 Å². The lowest BCUT2D eigenvalue weighted by atomic mass is 9.88. The van der Waals surface area contributed by atoms with E-state index in [1.54, 1.807) is 0 Å². The van der Waals surface area contributed by atoms with Crippen molar-refractivity contribution in [2.75, 3.05) is 19.0 Å². The highest BCUT2D eigenvalue weighted by molar-refractivity contribution is 6.18. The van der Waals surface area contributed by atoms with E-state index in [1.807, 2.05) is 0 Å². The molecule has 1 unspecified atom stereocenters. The maximum Gasteiger partial charge on any atom is 0.220 e. The van der Waals surface area contributed by atoms with Crippen LogP contribution in [0.1, 0.15) is 51.4 Å². The quantitative estimate of drug-likeness (QED) is 0.756. The molecule has 2 fully saturated rings. The van der Waals surface area contributed by atoms with Gasteiger partial charge in [-0.05, 0) is 32.1 Å². The molecule has 1 saturated carbocycles. The Kier molecular flexibility index (Phi) is 5.31. The minimum absolute atomic E-state index is 0.155. The smallest absolute Gasteiger partial charge is 0.220 e. The van der Waals surface area contributed by atoms with Gasteiger partial charge >= 0.3 is 0 Å². The number of hydrogen-bond donors (Lipinski definition) is 1. The lowest BCUT2D eigenvalue weighted by molar-refractivity contribution is -0.122. The molecule has 0 aromatic carbocycles. The monoisotopic (exact) mass is 273 g/mol. The van der Waals surface area contributed by atoms with Crippen LogP contribution in [-0.2, 0) is 9.53 Å². The molecule has 0 spiro atoms. The van der Waals surface area contributed by atoms with Crippen LogP contribution in [0.3, 0.4) is 0 Å². The second-order valence-electron chi connectivity index (χ2n) is 5.79. The highest BCUT2D eigenvalue weighted by Gasteiger charge is 2.33. The maximum atomic E-state index is 11.8. The van der Waals surface area contributed by atoms with Crippen LogP contribution >= 0.6 is 11.6 Å². The minimum Gasteiger partial charge on any atom is -0.378 e. The number of ether oxygens (including phenoxy) is 1. The van der Waals surface area contributed by atoms with E-state index in [0.29, 0.717) is 18.4 Å². The first-order chi connectivity index (χ1) is 8.74. The molecule has 1 aliphatic carbocycles. The lowest BCUT2D eigenvalue weighted by Gasteiger charge is -2.26. The molecule has 104 valence electrons. The number of rotatable bonds is 6. The van der Waals surface area contributed by atoms with E-state index in [4.69, 9.17) is 16.3 Å². The van der Waals surface area contributed by atoms with Crippen LogP contribution in [0.5, 0.6) is 0 Å². The van der Waals surface area contributed by atoms with E-state index >= 15 is 0 Å². The van der Waals surface area contributed by atoms with Crippen molar-refractivity contribution >= 4 is 17.5 Å². The van der Waals surface area contributed by atoms with Crippen LogP contribution in [0.4, 0.5) is 0 Å². The topological polar surface area (TPSA) is 38.3 Å². The molecule has 1 heterocycles. The zero-order chi connectivity index (χ0) is 12.8. The molecule has 1 aliphatic heterocycles. The Labute approximate surface area is 115 Å². The third-order valence-electron chi connectivity index (χ3n) is 4.33. The van der Waals surface area contributed by atoms with Crippen LogP contribution in [-0.4, -0.2) is 31.0 Å². The van der Waals surface area contributed by atoms with Crippen molar-refractivity contribution in [2.45, 2.75) is 57.5 Å². The Morgan fingerprint density at radius 2 is 2.11 bits per heavy atom. The van der Waals surface area contributed by atoms with E-state index in [2.05, 4.69) is 5.32 Å². The average Bonchev–Trinajstić information content (AvgIpc) is 3.06. The molecule has 2 rings (SSSR count). The number of alkyl halides is 1. The maximum absolute atomic E-state index is 11.8. The molecule has 2 aliphatic rings. The zero-order valence-electron chi connectivity index (χ0n) is 11.0. The second kappa shape index (κ2) is 6.76. The summed E-state index contributed by atoms with van der Waals surface area (Å²) >= 11 is 6.06. The van der Waals surface area contributed by atoms with Gasteiger partial charge in [-0.3, -0.25) is 4.79 Å². The van der Waals surface area contributed by atoms with Crippen LogP contribution in [0, 0.1) is 5.41 Å². The van der Waals surface area contributed by atoms with E-state index in [-0.39, 0.29) is 11.3 Å². The molecule has 0 bridgehead atoms. The SMILES string of the molecule is O=C(CCC1CCCO1)NCC1(CCl)CCCC1. The first-order valence-electron chi connectivity index (χ1n) is 7.18. The average molecular weight is 274 g/mol. The van der Waals surface area contributed by atoms with Gasteiger partial charge in [0.1, 0.15) is 0 Å². The van der Waals surface area contributed by atoms with Crippen molar-refractivity contribution in [3.8, 4) is 0 Å². The Hall–Kier alpha value is -0.280. The number of carbonyl (C=O) groups excluding carboxylic acids is 1. The third kappa shape index (κ3) is 3.86. The Morgan fingerprint density at radius 1 is 1.33 bits per heavy atom. The summed E-state index contributed by atoms with van der Waals surface area (Å²) in [7, 11) is 0. The summed E-state index contributed by atoms with van der Waals surface area (Å²) in [5, 5.41) is 3.06. The predicted molar refractivity (Wildman–Crippen MR) is 72.8 cm³/mol. The van der Waals surface area contributed by atoms with E-state index in [0.717, 1.165) is 45.3 Å². The minimum atomic E-state index is 0.155. The van der Waals surface area contributed by atoms with Crippen LogP contribution in [0.2, 0.25) is 0 Å². The number of carbonyl (C=O) groups is 1. The third-order valence-corrected chi connectivity index (χ3v) is 4.89. The molecule has 0 aromatic rings. The molecule has 18 heavy (non-hydrogen) atoms. The van der Waals surface area contributed by atoms with Crippen molar-refractivity contribution in [3.05, 3.63) is 0 Å². The van der Waals surface area contributed by atoms with Gasteiger partial charge in [-0.2, -0.15) is 0 Å². The largest absolute Gasteiger partial charge is 0.378 e. The number of hydrogen-bond acceptors (Lipinski definition) is 2. The van der Waals surface area contributed by atoms with Crippen molar-refractivity contribution in [2.24, 2.45) is 5.41 Å². The second-order valence-corrected chi connectivity index (χ2v) is 6.06. The molecule has 1 atom stereocenters. The van der Waals surface area contributed by atoms with Gasteiger partial charge in [0.2, 0.25) is 5.91 Å². The standard InChI is InChI=1S/C14H24ClNO2/c15-10-14(7-1-2-8-14)11-16-13(17)6-5-12-4-3-9-18-12/h12H,1-11H2,(H,16,17). The van der Waals surface area contributed by atoms with Gasteiger partial charge in [0.15, 0.2) is 0 Å². The molecule has 0 aromatic heterocycles. The summed E-state index contributed by atoms with van der Waals surface area (Å²) in [5.41, 5.74) is 0.168. The summed E-state index contributed by atoms with van der Waals surface area (Å²) in [6.07, 6.45) is 8.81. The summed E-state index contributed by atoms with van der Waals surface area (Å²) in [4.78, 5) is 11.8. The summed E-state index contributed by atoms with van der Waals surface area (Å²) in [6, 6.07) is 0. The van der Waals surface area contributed by atoms with Crippen LogP contribution < -0.4 is 5.32 Å². The summed E-state index contributed by atoms with van der Waals surface area (Å²) in [5.74, 6) is 0.820. The summed E-state index contributed by atoms with van der Waals surface area (Å²) in [6.45, 7) is 1.61. The van der Waals surface area contributed by atoms with E-state index < -0.39 is 0 Å². The normalized spacial score (nSPS) is 26.4. The number of nitrogens with one attached hydrogen (secondary N) is 1. The number of halogens is 1. The fourth-order valence-electron chi connectivity index (χ4n) is 3.02. The molecule has 4 heteroatoms. The Bertz CT molecular complexity index is 271. The van der Waals surface area contributed by atoms with Crippen LogP contribution in [0.25, 0.3) is 0 Å². The molecular formula is C14H24ClNO2. The van der Waals surface area contributed by atoms with Crippen molar-refractivity contribution in [1.82, 2.24) is 5.32 Å². The first-order valence-corrected chi connectivity index (χ1v) is 7.72. The highest BCUT2D eigenvalue weighted by atomic mass is 35.5. The van der Waals surface area contributed by atoms with Gasteiger partial charge < -0.3 is 10.1 Å². The van der Waals surface area contributed by atoms with Crippen LogP contribution in [0.15, 0.2) is 0 Å². The van der Waals surface area contributed by atoms with Gasteiger partial charge in [0, 0.05) is 30.9 Å². The zero-order valence-corrected chi connectivity index (χ0v) is 11.8. The van der Waals surface area contributed by atoms with Crippen molar-refractivity contribution < 1.29 is 9.53 Å². The molecular weight excluding hydrogens is 250 g/mol. The fourth-order valence-corrected chi connectivity index (χ4v) is 3.38. The first kappa shape index (κ1) is 14.1. The lowest BCUT2D eigenvalue weighted by Crippen LogP contribution is -2.37. The van der Waals surface area contributed by atoms with Gasteiger partial charge in [-0.15, -0.1) is 11.6 Å². The van der Waals surface area contributed by atoms with E-state index in [1.165, 1.54) is 12.8 Å². The Balaban J connectivity index is 1.64. The fraction of sp³-hybridized carbons (Fsp3) is 0.929. The van der Waals surface area contributed by atoms with Gasteiger partial charge in [-0.25, -0.2) is 0 Å². The number of amides is 1. The van der Waals surface area contributed by atoms with Crippen molar-refractivity contribution in [3.63, 3.8) is 0 Å². The molecule has 0 radical (unpaired) electrons. The Morgan fingerprint density at radius 3 is 2.72 bits per heavy atom. The van der Waals surface area contributed by atoms with Gasteiger partial charge in [0.25, 0.3) is 0 Å². The van der Waals surface area contributed by atoms with Crippen molar-refractivity contribution in [1.29, 1.82) is 0 Å². The summed E-state index contributed by atoms with van der Waals surface area (Å²) < 4.78 is 5.52. The highest BCUT2D eigenvalue weighted by Crippen LogP contribution is 2.38. The molecule has 1 saturated heterocycles. The molecule has 1 amide bonds. The van der Waals surface area contributed by atoms with Gasteiger partial charge in [0.05, 0.1) is 6.10 Å². The van der Waals surface area contributed by atoms with Gasteiger partial charge in [-0.1, -0.05) is 12.8 Å². The molecule has 3 nitrogen and oxygen atoms in total. The molecule has 1 N–H and O–H groups in total.